The summed E-state index contributed by atoms with van der Waals surface area (Å²) in [6.07, 6.45) is -1.81. The Hall–Kier alpha value is -8.94. The first-order valence-electron chi connectivity index (χ1n) is 42.1. The summed E-state index contributed by atoms with van der Waals surface area (Å²) in [5.41, 5.74) is 20.9. The van der Waals surface area contributed by atoms with Gasteiger partial charge in [-0.1, -0.05) is 113 Å². The molecule has 0 aliphatic carbocycles. The summed E-state index contributed by atoms with van der Waals surface area (Å²) in [7, 11) is 0. The average molecular weight is 1680 g/mol. The topological polar surface area (TPSA) is 311 Å². The van der Waals surface area contributed by atoms with Crippen molar-refractivity contribution in [3.8, 4) is 56.3 Å². The van der Waals surface area contributed by atoms with Crippen LogP contribution in [0.1, 0.15) is 156 Å². The van der Waals surface area contributed by atoms with Crippen molar-refractivity contribution in [2.24, 2.45) is 11.5 Å². The molecule has 660 valence electrons. The maximum atomic E-state index is 14.9. The number of nitrogens with two attached hydrogens (primary N) is 2. The monoisotopic (exact) mass is 1680 g/mol. The maximum absolute atomic E-state index is 14.9. The van der Waals surface area contributed by atoms with Gasteiger partial charge in [0.05, 0.1) is 154 Å². The van der Waals surface area contributed by atoms with Gasteiger partial charge in [0.2, 0.25) is 0 Å². The molecular weight excluding hydrogens is 1560 g/mol. The summed E-state index contributed by atoms with van der Waals surface area (Å²) in [5.74, 6) is -2.15. The van der Waals surface area contributed by atoms with Crippen molar-refractivity contribution >= 4 is 23.5 Å². The van der Waals surface area contributed by atoms with Gasteiger partial charge in [-0.25, -0.2) is 8.78 Å². The Kier molecular flexibility index (Phi) is 41.3. The number of hydrogen-bond acceptors (Lipinski definition) is 21. The minimum Gasteiger partial charge on any atom is -0.491 e. The number of aliphatic carboxylic acids is 1. The molecule has 3 heterocycles. The summed E-state index contributed by atoms with van der Waals surface area (Å²) in [6.45, 7) is 27.4. The van der Waals surface area contributed by atoms with E-state index < -0.39 is 47.9 Å². The summed E-state index contributed by atoms with van der Waals surface area (Å²) >= 11 is 0. The number of aliphatic hydroxyl groups is 2. The van der Waals surface area contributed by atoms with Gasteiger partial charge >= 0.3 is 11.9 Å². The van der Waals surface area contributed by atoms with Crippen molar-refractivity contribution in [2.45, 2.75) is 174 Å². The molecule has 9 rings (SSSR count). The van der Waals surface area contributed by atoms with E-state index >= 15 is 0 Å². The number of hydrogen-bond donors (Lipinski definition) is 5. The number of carbonyl (C=O) groups excluding carboxylic acids is 3. The van der Waals surface area contributed by atoms with Crippen LogP contribution in [-0.4, -0.2) is 216 Å². The maximum Gasteiger partial charge on any atom is 0.308 e. The Labute approximate surface area is 711 Å². The highest BCUT2D eigenvalue weighted by atomic mass is 19.1. The van der Waals surface area contributed by atoms with E-state index in [4.69, 9.17) is 78.2 Å². The normalized spacial score (nSPS) is 14.5. The van der Waals surface area contributed by atoms with E-state index in [1.165, 1.54) is 24.3 Å². The number of aromatic nitrogens is 2. The first-order chi connectivity index (χ1) is 58.2. The number of Topliss-reactive ketones (excluding diaryl/α,β-unsaturated/α-hetero) is 2. The molecule has 7 N–H and O–H groups in total. The molecule has 26 heteroatoms. The Morgan fingerprint density at radius 3 is 1.21 bits per heavy atom. The zero-order valence-corrected chi connectivity index (χ0v) is 71.8. The predicted octanol–water partition coefficient (Wildman–Crippen LogP) is 14.8. The Balaban J connectivity index is 0.000000303. The molecule has 4 atom stereocenters. The molecule has 0 radical (unpaired) electrons. The van der Waals surface area contributed by atoms with Crippen LogP contribution in [-0.2, 0) is 87.6 Å². The molecule has 1 saturated heterocycles. The Morgan fingerprint density at radius 2 is 0.843 bits per heavy atom. The number of aliphatic hydroxyl groups excluding tert-OH is 2. The van der Waals surface area contributed by atoms with Gasteiger partial charge in [0.1, 0.15) is 41.9 Å². The fraction of sp³-hybridized carbons (Fsp3) is 0.495. The molecule has 1 aliphatic heterocycles. The second-order valence-electron chi connectivity index (χ2n) is 31.6. The van der Waals surface area contributed by atoms with Crippen LogP contribution in [0.2, 0.25) is 0 Å². The minimum atomic E-state index is -1.20. The van der Waals surface area contributed by atoms with Crippen molar-refractivity contribution in [3.63, 3.8) is 0 Å². The standard InChI is InChI=1S/C51H69FN2O10.C44H57FN2O10/c1-36(2)48-47(44(55)33-37-13-19-41(20-14-37)61-32-31-60-30-29-59-28-27-58-26-25-57-24-22-53)46(38-11-9-8-10-12-38)49(39-15-17-40(52)18-16-39)54(48)23-21-42-34-43(63-51(6,7)62-42)35-45(56)64-50(3,4)5;1-31(2)43-42(39(50)28-32-8-14-38(15-9-32)57-27-26-56-25-24-55-23-22-54-21-20-53-19-17-46)41(33-6-4-3-5-7-33)44(34-10-12-35(45)13-11-34)47(43)18-16-36(48)29-37(49)30-40(51)52/h8-20,36,42-43H,21-35,53H2,1-7H3;3-15,31,36-37,48-49H,16-30,46H2,1-2H3,(H,51,52)/t42-,43-;36-,37-/m11/s1. The Morgan fingerprint density at radius 1 is 0.479 bits per heavy atom. The summed E-state index contributed by atoms with van der Waals surface area (Å²) in [5, 5.41) is 30.2. The molecule has 0 spiro atoms. The van der Waals surface area contributed by atoms with Crippen molar-refractivity contribution < 1.29 is 105 Å². The second-order valence-corrected chi connectivity index (χ2v) is 31.6. The molecule has 24 nitrogen and oxygen atoms in total. The summed E-state index contributed by atoms with van der Waals surface area (Å²) in [4.78, 5) is 53.5. The van der Waals surface area contributed by atoms with Crippen LogP contribution in [0.5, 0.6) is 11.5 Å². The van der Waals surface area contributed by atoms with Crippen LogP contribution in [0.3, 0.4) is 0 Å². The zero-order valence-electron chi connectivity index (χ0n) is 71.8. The Bertz CT molecular complexity index is 4360. The van der Waals surface area contributed by atoms with E-state index in [0.29, 0.717) is 191 Å². The SMILES string of the molecule is CC(C)c1c(C(=O)Cc2ccc(OCCOCCOCCOCCOCCN)cc2)c(-c2ccccc2)c(-c2ccc(F)cc2)n1CC[C@@H](O)C[C@@H](O)CC(=O)O.CC(C)c1c(C(=O)Cc2ccc(OCCOCCOCCOCCOCCN)cc2)c(-c2ccccc2)c(-c2ccc(F)cc2)n1CC[C@@H]1C[C@H](CC(=O)OC(C)(C)C)OC(C)(C)O1. The third-order valence-electron chi connectivity index (χ3n) is 19.5. The number of carboxylic acids is 1. The van der Waals surface area contributed by atoms with Crippen molar-refractivity contribution in [1.29, 1.82) is 0 Å². The largest absolute Gasteiger partial charge is 0.491 e. The molecular formula is C95H126F2N4O20. The predicted molar refractivity (Wildman–Crippen MR) is 460 cm³/mol. The number of benzene rings is 6. The van der Waals surface area contributed by atoms with Crippen LogP contribution < -0.4 is 20.9 Å². The highest BCUT2D eigenvalue weighted by molar-refractivity contribution is 6.09. The van der Waals surface area contributed by atoms with E-state index in [2.05, 4.69) is 18.4 Å². The van der Waals surface area contributed by atoms with Crippen LogP contribution in [0.25, 0.3) is 44.8 Å². The molecule has 0 unspecified atom stereocenters. The highest BCUT2D eigenvalue weighted by Crippen LogP contribution is 2.46. The number of nitrogens with zero attached hydrogens (tertiary/aromatic N) is 2. The molecule has 0 amide bonds. The van der Waals surface area contributed by atoms with Crippen molar-refractivity contribution in [3.05, 3.63) is 203 Å². The third kappa shape index (κ3) is 33.0. The molecule has 2 aromatic heterocycles. The average Bonchev–Trinajstić information content (AvgIpc) is 1.59. The lowest BCUT2D eigenvalue weighted by Crippen LogP contribution is -2.46. The molecule has 1 aliphatic rings. The quantitative estimate of drug-likeness (QED) is 0.0134. The van der Waals surface area contributed by atoms with E-state index in [1.807, 2.05) is 162 Å². The number of ketones is 2. The van der Waals surface area contributed by atoms with E-state index in [-0.39, 0.29) is 79.9 Å². The number of carbonyl (C=O) groups is 4. The van der Waals surface area contributed by atoms with Gasteiger partial charge in [0.15, 0.2) is 17.4 Å². The second kappa shape index (κ2) is 51.2. The summed E-state index contributed by atoms with van der Waals surface area (Å²) < 4.78 is 107. The molecule has 6 aromatic carbocycles. The number of esters is 1. The molecule has 8 aromatic rings. The highest BCUT2D eigenvalue weighted by Gasteiger charge is 2.39. The van der Waals surface area contributed by atoms with Gasteiger partial charge in [-0.3, -0.25) is 19.2 Å². The molecule has 0 saturated carbocycles. The smallest absolute Gasteiger partial charge is 0.308 e. The van der Waals surface area contributed by atoms with Gasteiger partial charge in [-0.05, 0) is 172 Å². The van der Waals surface area contributed by atoms with E-state index in [0.717, 1.165) is 50.5 Å². The van der Waals surface area contributed by atoms with E-state index in [9.17, 15) is 38.2 Å². The number of halogens is 2. The van der Waals surface area contributed by atoms with Gasteiger partial charge in [0.25, 0.3) is 0 Å². The van der Waals surface area contributed by atoms with Crippen molar-refractivity contribution in [1.82, 2.24) is 9.13 Å². The first kappa shape index (κ1) is 97.5. The van der Waals surface area contributed by atoms with Gasteiger partial charge in [0, 0.05) is 79.1 Å². The number of carboxylic acid groups (broad SMARTS) is 1. The lowest BCUT2D eigenvalue weighted by atomic mass is 9.90. The molecule has 0 bridgehead atoms. The number of rotatable bonds is 54. The number of ether oxygens (including phenoxy) is 13. The first-order valence-corrected chi connectivity index (χ1v) is 42.1. The van der Waals surface area contributed by atoms with Gasteiger partial charge in [-0.15, -0.1) is 0 Å². The molecule has 1 fully saturated rings. The fourth-order valence-electron chi connectivity index (χ4n) is 14.5. The molecule has 121 heavy (non-hydrogen) atoms. The van der Waals surface area contributed by atoms with E-state index in [1.54, 1.807) is 24.3 Å². The lowest BCUT2D eigenvalue weighted by Gasteiger charge is -2.41. The van der Waals surface area contributed by atoms with Crippen molar-refractivity contribution in [2.75, 3.05) is 132 Å². The van der Waals surface area contributed by atoms with Crippen LogP contribution >= 0.6 is 0 Å². The summed E-state index contributed by atoms with van der Waals surface area (Å²) in [6, 6.07) is 47.0. The third-order valence-corrected chi connectivity index (χ3v) is 19.5. The van der Waals surface area contributed by atoms with Crippen LogP contribution in [0.4, 0.5) is 8.78 Å². The van der Waals surface area contributed by atoms with Crippen LogP contribution in [0, 0.1) is 11.6 Å². The lowest BCUT2D eigenvalue weighted by molar-refractivity contribution is -0.301. The minimum absolute atomic E-state index is 0.0297. The van der Waals surface area contributed by atoms with Crippen LogP contribution in [0.15, 0.2) is 158 Å². The van der Waals surface area contributed by atoms with Gasteiger partial charge in [-0.2, -0.15) is 0 Å². The fourth-order valence-corrected chi connectivity index (χ4v) is 14.5. The zero-order chi connectivity index (χ0) is 87.1. The van der Waals surface area contributed by atoms with Gasteiger partial charge < -0.3 is 97.5 Å².